The first-order chi connectivity index (χ1) is 8.30. The van der Waals surface area contributed by atoms with Crippen LogP contribution >= 0.6 is 0 Å². The van der Waals surface area contributed by atoms with Gasteiger partial charge in [0.15, 0.2) is 0 Å². The fraction of sp³-hybridized carbons (Fsp3) is 0.429. The molecule has 2 aliphatic heterocycles. The smallest absolute Gasteiger partial charge is 0.137 e. The molecule has 0 unspecified atom stereocenters. The number of ether oxygens (including phenoxy) is 2. The molecule has 0 bridgehead atoms. The summed E-state index contributed by atoms with van der Waals surface area (Å²) in [7, 11) is 1.70. The zero-order valence-electron chi connectivity index (χ0n) is 10.0. The second-order valence-corrected chi connectivity index (χ2v) is 4.71. The normalized spacial score (nSPS) is 29.4. The molecule has 1 saturated heterocycles. The average molecular weight is 231 g/mol. The van der Waals surface area contributed by atoms with Gasteiger partial charge in [0.2, 0.25) is 0 Å². The Morgan fingerprint density at radius 2 is 2.53 bits per heavy atom. The maximum Gasteiger partial charge on any atom is 0.137 e. The molecule has 2 heterocycles. The second-order valence-electron chi connectivity index (χ2n) is 4.71. The second kappa shape index (κ2) is 3.77. The van der Waals surface area contributed by atoms with Crippen molar-refractivity contribution in [2.24, 2.45) is 0 Å². The van der Waals surface area contributed by atoms with Crippen LogP contribution in [-0.4, -0.2) is 19.9 Å². The molecular weight excluding hydrogens is 214 g/mol. The maximum atomic E-state index is 5.79. The van der Waals surface area contributed by atoms with Crippen molar-refractivity contribution in [3.05, 3.63) is 36.4 Å². The quantitative estimate of drug-likeness (QED) is 0.811. The Balaban J connectivity index is 2.10. The van der Waals surface area contributed by atoms with E-state index in [0.717, 1.165) is 30.9 Å². The zero-order valence-corrected chi connectivity index (χ0v) is 10.0. The summed E-state index contributed by atoms with van der Waals surface area (Å²) in [5.41, 5.74) is 2.52. The molecule has 0 spiro atoms. The first-order valence-electron chi connectivity index (χ1n) is 5.98. The number of anilines is 1. The third-order valence-corrected chi connectivity index (χ3v) is 3.89. The van der Waals surface area contributed by atoms with Crippen LogP contribution in [0.4, 0.5) is 5.69 Å². The number of nitrogens with one attached hydrogen (secondary N) is 1. The van der Waals surface area contributed by atoms with E-state index in [1.54, 1.807) is 7.11 Å². The number of benzene rings is 1. The highest BCUT2D eigenvalue weighted by molar-refractivity contribution is 5.64. The molecule has 0 aromatic heterocycles. The molecule has 1 aromatic rings. The summed E-state index contributed by atoms with van der Waals surface area (Å²) < 4.78 is 11.1. The van der Waals surface area contributed by atoms with Gasteiger partial charge in [0.25, 0.3) is 0 Å². The fourth-order valence-electron chi connectivity index (χ4n) is 3.01. The number of hydrogen-bond acceptors (Lipinski definition) is 3. The Bertz CT molecular complexity index is 458. The molecule has 1 N–H and O–H groups in total. The van der Waals surface area contributed by atoms with Gasteiger partial charge in [-0.3, -0.25) is 0 Å². The van der Waals surface area contributed by atoms with Crippen LogP contribution in [0.15, 0.2) is 30.9 Å². The van der Waals surface area contributed by atoms with Gasteiger partial charge in [-0.05, 0) is 36.6 Å². The Kier molecular flexibility index (Phi) is 2.37. The van der Waals surface area contributed by atoms with E-state index < -0.39 is 0 Å². The monoisotopic (exact) mass is 231 g/mol. The number of fused-ring (bicyclic) bond motifs is 3. The predicted molar refractivity (Wildman–Crippen MR) is 67.5 cm³/mol. The number of methoxy groups -OCH3 is 1. The van der Waals surface area contributed by atoms with Gasteiger partial charge in [-0.2, -0.15) is 0 Å². The van der Waals surface area contributed by atoms with Gasteiger partial charge in [0.1, 0.15) is 12.0 Å². The average Bonchev–Trinajstić information content (AvgIpc) is 2.85. The van der Waals surface area contributed by atoms with E-state index in [9.17, 15) is 0 Å². The third-order valence-electron chi connectivity index (χ3n) is 3.89. The first kappa shape index (κ1) is 10.7. The predicted octanol–water partition coefficient (Wildman–Crippen LogP) is 2.68. The summed E-state index contributed by atoms with van der Waals surface area (Å²) >= 11 is 0. The lowest BCUT2D eigenvalue weighted by Gasteiger charge is -2.26. The number of rotatable bonds is 3. The summed E-state index contributed by atoms with van der Waals surface area (Å²) in [6.45, 7) is 4.69. The van der Waals surface area contributed by atoms with Gasteiger partial charge in [-0.1, -0.05) is 6.08 Å². The lowest BCUT2D eigenvalue weighted by Crippen LogP contribution is -2.33. The van der Waals surface area contributed by atoms with Crippen molar-refractivity contribution in [2.75, 3.05) is 19.0 Å². The van der Waals surface area contributed by atoms with E-state index in [1.807, 2.05) is 12.1 Å². The van der Waals surface area contributed by atoms with E-state index in [1.165, 1.54) is 5.56 Å². The highest BCUT2D eigenvalue weighted by atomic mass is 16.5. The van der Waals surface area contributed by atoms with Gasteiger partial charge >= 0.3 is 0 Å². The van der Waals surface area contributed by atoms with E-state index in [0.29, 0.717) is 0 Å². The van der Waals surface area contributed by atoms with Crippen molar-refractivity contribution >= 4 is 5.69 Å². The Labute approximate surface area is 101 Å². The van der Waals surface area contributed by atoms with Crippen LogP contribution in [0.5, 0.6) is 5.75 Å². The van der Waals surface area contributed by atoms with Crippen molar-refractivity contribution in [1.29, 1.82) is 0 Å². The van der Waals surface area contributed by atoms with Gasteiger partial charge in [-0.25, -0.2) is 0 Å². The Morgan fingerprint density at radius 1 is 1.65 bits per heavy atom. The molecule has 0 radical (unpaired) electrons. The van der Waals surface area contributed by atoms with Crippen LogP contribution in [0.3, 0.4) is 0 Å². The lowest BCUT2D eigenvalue weighted by atomic mass is 9.77. The van der Waals surface area contributed by atoms with Gasteiger partial charge in [0.05, 0.1) is 13.7 Å². The molecular formula is C14H17NO2. The van der Waals surface area contributed by atoms with Gasteiger partial charge in [-0.15, -0.1) is 6.58 Å². The molecule has 17 heavy (non-hydrogen) atoms. The van der Waals surface area contributed by atoms with Crippen molar-refractivity contribution in [3.63, 3.8) is 0 Å². The molecule has 0 aliphatic carbocycles. The third kappa shape index (κ3) is 1.39. The van der Waals surface area contributed by atoms with Crippen LogP contribution in [0.2, 0.25) is 0 Å². The standard InChI is InChI=1S/C14H17NO2/c1-3-6-14-7-8-17-13(14)15-12-5-4-10(16-2)9-11(12)14/h3-5,9,13,15H,1,6-8H2,2H3/t13-,14-/m1/s1. The topological polar surface area (TPSA) is 30.5 Å². The summed E-state index contributed by atoms with van der Waals surface area (Å²) in [5, 5.41) is 3.45. The van der Waals surface area contributed by atoms with Crippen LogP contribution in [0.1, 0.15) is 18.4 Å². The fourth-order valence-corrected chi connectivity index (χ4v) is 3.01. The summed E-state index contributed by atoms with van der Waals surface area (Å²) in [5.74, 6) is 0.904. The van der Waals surface area contributed by atoms with Crippen LogP contribution in [0, 0.1) is 0 Å². The molecule has 3 nitrogen and oxygen atoms in total. The van der Waals surface area contributed by atoms with Gasteiger partial charge < -0.3 is 14.8 Å². The molecule has 2 aliphatic rings. The van der Waals surface area contributed by atoms with Gasteiger partial charge in [0, 0.05) is 11.1 Å². The van der Waals surface area contributed by atoms with Crippen LogP contribution in [0.25, 0.3) is 0 Å². The maximum absolute atomic E-state index is 5.79. The molecule has 3 rings (SSSR count). The van der Waals surface area contributed by atoms with E-state index >= 15 is 0 Å². The highest BCUT2D eigenvalue weighted by Gasteiger charge is 2.50. The molecule has 0 amide bonds. The van der Waals surface area contributed by atoms with E-state index in [4.69, 9.17) is 9.47 Å². The zero-order chi connectivity index (χ0) is 11.9. The van der Waals surface area contributed by atoms with E-state index in [2.05, 4.69) is 24.0 Å². The molecule has 90 valence electrons. The Hall–Kier alpha value is -1.48. The minimum absolute atomic E-state index is 0.0472. The van der Waals surface area contributed by atoms with E-state index in [-0.39, 0.29) is 11.6 Å². The molecule has 2 atom stereocenters. The Morgan fingerprint density at radius 3 is 3.29 bits per heavy atom. The largest absolute Gasteiger partial charge is 0.497 e. The van der Waals surface area contributed by atoms with Crippen molar-refractivity contribution in [2.45, 2.75) is 24.5 Å². The molecule has 3 heteroatoms. The summed E-state index contributed by atoms with van der Waals surface area (Å²) in [4.78, 5) is 0. The molecule has 1 aromatic carbocycles. The van der Waals surface area contributed by atoms with Crippen molar-refractivity contribution in [3.8, 4) is 5.75 Å². The minimum Gasteiger partial charge on any atom is -0.497 e. The molecule has 1 fully saturated rings. The molecule has 0 saturated carbocycles. The van der Waals surface area contributed by atoms with Crippen molar-refractivity contribution < 1.29 is 9.47 Å². The number of allylic oxidation sites excluding steroid dienone is 1. The first-order valence-corrected chi connectivity index (χ1v) is 5.98. The van der Waals surface area contributed by atoms with Crippen LogP contribution < -0.4 is 10.1 Å². The SMILES string of the molecule is C=CC[C@]12CCO[C@H]1Nc1ccc(OC)cc12. The van der Waals surface area contributed by atoms with Crippen molar-refractivity contribution in [1.82, 2.24) is 0 Å². The number of hydrogen-bond donors (Lipinski definition) is 1. The summed E-state index contributed by atoms with van der Waals surface area (Å²) in [6, 6.07) is 6.18. The highest BCUT2D eigenvalue weighted by Crippen LogP contribution is 2.50. The van der Waals surface area contributed by atoms with Crippen LogP contribution in [-0.2, 0) is 10.2 Å². The lowest BCUT2D eigenvalue weighted by molar-refractivity contribution is 0.108. The summed E-state index contributed by atoms with van der Waals surface area (Å²) in [6.07, 6.45) is 4.04. The minimum atomic E-state index is 0.0472.